The largest absolute Gasteiger partial charge is 0.493 e. The molecule has 0 heterocycles. The molecule has 0 saturated heterocycles. The van der Waals surface area contributed by atoms with E-state index >= 15 is 0 Å². The summed E-state index contributed by atoms with van der Waals surface area (Å²) in [6.07, 6.45) is 6.65. The van der Waals surface area contributed by atoms with Gasteiger partial charge in [-0.2, -0.15) is 0 Å². The number of hydrogen-bond acceptors (Lipinski definition) is 2. The van der Waals surface area contributed by atoms with E-state index in [1.54, 1.807) is 0 Å². The zero-order chi connectivity index (χ0) is 13.2. The zero-order valence-corrected chi connectivity index (χ0v) is 11.9. The van der Waals surface area contributed by atoms with E-state index in [1.165, 1.54) is 36.8 Å². The molecule has 2 nitrogen and oxygen atoms in total. The van der Waals surface area contributed by atoms with Gasteiger partial charge in [-0.1, -0.05) is 24.1 Å². The predicted octanol–water partition coefficient (Wildman–Crippen LogP) is 3.31. The summed E-state index contributed by atoms with van der Waals surface area (Å²) < 4.78 is 6.13. The maximum atomic E-state index is 6.13. The van der Waals surface area contributed by atoms with Crippen molar-refractivity contribution in [2.75, 3.05) is 13.2 Å². The van der Waals surface area contributed by atoms with Gasteiger partial charge < -0.3 is 10.5 Å². The molecule has 2 N–H and O–H groups in total. The van der Waals surface area contributed by atoms with E-state index in [9.17, 15) is 0 Å². The summed E-state index contributed by atoms with van der Waals surface area (Å²) in [6, 6.07) is 6.46. The van der Waals surface area contributed by atoms with E-state index < -0.39 is 0 Å². The zero-order valence-electron chi connectivity index (χ0n) is 11.9. The molecular formula is C17H25NO. The smallest absolute Gasteiger partial charge is 0.122 e. The van der Waals surface area contributed by atoms with Crippen LogP contribution in [0, 0.1) is 24.7 Å². The third-order valence-corrected chi connectivity index (χ3v) is 4.97. The van der Waals surface area contributed by atoms with Gasteiger partial charge in [-0.25, -0.2) is 0 Å². The molecule has 2 aliphatic rings. The number of benzene rings is 1. The van der Waals surface area contributed by atoms with Crippen molar-refractivity contribution in [3.05, 3.63) is 29.3 Å². The first-order chi connectivity index (χ1) is 9.26. The Bertz CT molecular complexity index is 443. The monoisotopic (exact) mass is 259 g/mol. The summed E-state index contributed by atoms with van der Waals surface area (Å²) in [7, 11) is 0. The topological polar surface area (TPSA) is 35.2 Å². The fourth-order valence-corrected chi connectivity index (χ4v) is 3.98. The van der Waals surface area contributed by atoms with Crippen LogP contribution in [0.15, 0.2) is 18.2 Å². The van der Waals surface area contributed by atoms with Crippen LogP contribution >= 0.6 is 0 Å². The summed E-state index contributed by atoms with van der Waals surface area (Å²) in [4.78, 5) is 0. The summed E-state index contributed by atoms with van der Waals surface area (Å²) in [6.45, 7) is 3.72. The van der Waals surface area contributed by atoms with E-state index in [4.69, 9.17) is 10.5 Å². The van der Waals surface area contributed by atoms with Gasteiger partial charge in [-0.3, -0.25) is 0 Å². The van der Waals surface area contributed by atoms with Crippen molar-refractivity contribution in [3.63, 3.8) is 0 Å². The standard InChI is InChI=1S/C17H25NO/c1-12-2-5-17(15(8-12)6-7-18)19-11-16-10-13-3-4-14(16)9-13/h2,5,8,13-14,16H,3-4,6-7,9-11,18H2,1H3. The van der Waals surface area contributed by atoms with Crippen molar-refractivity contribution in [2.24, 2.45) is 23.5 Å². The number of nitrogens with two attached hydrogens (primary N) is 1. The van der Waals surface area contributed by atoms with Gasteiger partial charge in [0.25, 0.3) is 0 Å². The van der Waals surface area contributed by atoms with E-state index in [0.29, 0.717) is 6.54 Å². The van der Waals surface area contributed by atoms with Crippen LogP contribution in [0.5, 0.6) is 5.75 Å². The van der Waals surface area contributed by atoms with Gasteiger partial charge in [-0.15, -0.1) is 0 Å². The van der Waals surface area contributed by atoms with Crippen molar-refractivity contribution in [2.45, 2.75) is 39.0 Å². The summed E-state index contributed by atoms with van der Waals surface area (Å²) >= 11 is 0. The normalized spacial score (nSPS) is 28.8. The summed E-state index contributed by atoms with van der Waals surface area (Å²) in [5.74, 6) is 3.79. The summed E-state index contributed by atoms with van der Waals surface area (Å²) in [5, 5.41) is 0. The van der Waals surface area contributed by atoms with E-state index in [-0.39, 0.29) is 0 Å². The molecule has 0 spiro atoms. The van der Waals surface area contributed by atoms with Gasteiger partial charge in [0.05, 0.1) is 6.61 Å². The van der Waals surface area contributed by atoms with E-state index in [2.05, 4.69) is 25.1 Å². The van der Waals surface area contributed by atoms with Gasteiger partial charge in [-0.05, 0) is 68.5 Å². The highest BCUT2D eigenvalue weighted by atomic mass is 16.5. The molecule has 3 rings (SSSR count). The summed E-state index contributed by atoms with van der Waals surface area (Å²) in [5.41, 5.74) is 8.25. The maximum absolute atomic E-state index is 6.13. The van der Waals surface area contributed by atoms with Gasteiger partial charge in [0.1, 0.15) is 5.75 Å². The molecule has 19 heavy (non-hydrogen) atoms. The fourth-order valence-electron chi connectivity index (χ4n) is 3.98. The third kappa shape index (κ3) is 2.79. The third-order valence-electron chi connectivity index (χ3n) is 4.97. The SMILES string of the molecule is Cc1ccc(OCC2CC3CCC2C3)c(CCN)c1. The van der Waals surface area contributed by atoms with Crippen LogP contribution in [0.25, 0.3) is 0 Å². The Balaban J connectivity index is 1.63. The molecule has 0 amide bonds. The van der Waals surface area contributed by atoms with Crippen molar-refractivity contribution >= 4 is 0 Å². The van der Waals surface area contributed by atoms with Gasteiger partial charge in [0.2, 0.25) is 0 Å². The molecule has 3 unspecified atom stereocenters. The minimum atomic E-state index is 0.688. The molecule has 2 heteroatoms. The first kappa shape index (κ1) is 13.0. The second kappa shape index (κ2) is 5.54. The Kier molecular flexibility index (Phi) is 3.79. The van der Waals surface area contributed by atoms with Crippen molar-refractivity contribution < 1.29 is 4.74 Å². The molecule has 0 aliphatic heterocycles. The minimum absolute atomic E-state index is 0.688. The molecule has 2 fully saturated rings. The van der Waals surface area contributed by atoms with Gasteiger partial charge in [0.15, 0.2) is 0 Å². The highest BCUT2D eigenvalue weighted by Gasteiger charge is 2.39. The van der Waals surface area contributed by atoms with Crippen LogP contribution in [0.2, 0.25) is 0 Å². The second-order valence-electron chi connectivity index (χ2n) is 6.40. The lowest BCUT2D eigenvalue weighted by molar-refractivity contribution is 0.194. The van der Waals surface area contributed by atoms with Crippen LogP contribution < -0.4 is 10.5 Å². The van der Waals surface area contributed by atoms with E-state index in [0.717, 1.165) is 36.5 Å². The van der Waals surface area contributed by atoms with Crippen molar-refractivity contribution in [3.8, 4) is 5.75 Å². The maximum Gasteiger partial charge on any atom is 0.122 e. The van der Waals surface area contributed by atoms with Gasteiger partial charge >= 0.3 is 0 Å². The number of rotatable bonds is 5. The molecule has 0 radical (unpaired) electrons. The molecule has 2 aliphatic carbocycles. The molecule has 2 saturated carbocycles. The molecule has 3 atom stereocenters. The Morgan fingerprint density at radius 2 is 2.16 bits per heavy atom. The quantitative estimate of drug-likeness (QED) is 0.880. The lowest BCUT2D eigenvalue weighted by Gasteiger charge is -2.22. The number of fused-ring (bicyclic) bond motifs is 2. The van der Waals surface area contributed by atoms with Crippen LogP contribution in [-0.4, -0.2) is 13.2 Å². The molecular weight excluding hydrogens is 234 g/mol. The highest BCUT2D eigenvalue weighted by molar-refractivity contribution is 5.37. The molecule has 1 aromatic rings. The molecule has 0 aromatic heterocycles. The fraction of sp³-hybridized carbons (Fsp3) is 0.647. The van der Waals surface area contributed by atoms with Crippen LogP contribution in [0.1, 0.15) is 36.8 Å². The lowest BCUT2D eigenvalue weighted by Crippen LogP contribution is -2.19. The number of hydrogen-bond donors (Lipinski definition) is 1. The average Bonchev–Trinajstić information content (AvgIpc) is 3.00. The van der Waals surface area contributed by atoms with E-state index in [1.807, 2.05) is 0 Å². The Labute approximate surface area is 116 Å². The molecule has 2 bridgehead atoms. The predicted molar refractivity (Wildman–Crippen MR) is 78.4 cm³/mol. The first-order valence-corrected chi connectivity index (χ1v) is 7.68. The first-order valence-electron chi connectivity index (χ1n) is 7.68. The lowest BCUT2D eigenvalue weighted by atomic mass is 9.89. The molecule has 1 aromatic carbocycles. The highest BCUT2D eigenvalue weighted by Crippen LogP contribution is 2.48. The Morgan fingerprint density at radius 3 is 2.84 bits per heavy atom. The molecule has 104 valence electrons. The van der Waals surface area contributed by atoms with Crippen molar-refractivity contribution in [1.29, 1.82) is 0 Å². The Morgan fingerprint density at radius 1 is 1.26 bits per heavy atom. The van der Waals surface area contributed by atoms with Crippen molar-refractivity contribution in [1.82, 2.24) is 0 Å². The Hall–Kier alpha value is -1.02. The van der Waals surface area contributed by atoms with Crippen LogP contribution in [-0.2, 0) is 6.42 Å². The minimum Gasteiger partial charge on any atom is -0.493 e. The van der Waals surface area contributed by atoms with Gasteiger partial charge in [0, 0.05) is 0 Å². The number of ether oxygens (including phenoxy) is 1. The number of aryl methyl sites for hydroxylation is 1. The van der Waals surface area contributed by atoms with Crippen LogP contribution in [0.4, 0.5) is 0 Å². The van der Waals surface area contributed by atoms with Crippen LogP contribution in [0.3, 0.4) is 0 Å². The second-order valence-corrected chi connectivity index (χ2v) is 6.40. The average molecular weight is 259 g/mol.